The van der Waals surface area contributed by atoms with Gasteiger partial charge in [0.15, 0.2) is 0 Å². The van der Waals surface area contributed by atoms with E-state index in [2.05, 4.69) is 17.4 Å². The SMILES string of the molecule is CCC(=O)Nc1ccc(-c2ccc3c(c2)CC2(CCN(C(=O)OC(C)(C)C)CC2)O3)cc1. The number of rotatable bonds is 3. The molecular formula is C26H32N2O4. The minimum absolute atomic E-state index is 0.00967. The molecule has 4 rings (SSSR count). The Kier molecular flexibility index (Phi) is 5.89. The normalized spacial score (nSPS) is 16.9. The third kappa shape index (κ3) is 4.90. The Labute approximate surface area is 189 Å². The zero-order valence-electron chi connectivity index (χ0n) is 19.4. The fraction of sp³-hybridized carbons (Fsp3) is 0.462. The minimum atomic E-state index is -0.484. The number of carbonyl (C=O) groups is 2. The van der Waals surface area contributed by atoms with Gasteiger partial charge in [-0.3, -0.25) is 4.79 Å². The van der Waals surface area contributed by atoms with Gasteiger partial charge >= 0.3 is 6.09 Å². The standard InChI is InChI=1S/C26H32N2O4/c1-5-23(29)27-21-9-6-18(7-10-21)19-8-11-22-20(16-19)17-26(31-22)12-14-28(15-13-26)24(30)32-25(2,3)4/h6-11,16H,5,12-15,17H2,1-4H3,(H,27,29). The number of amides is 2. The highest BCUT2D eigenvalue weighted by Gasteiger charge is 2.43. The first-order valence-corrected chi connectivity index (χ1v) is 11.4. The molecule has 6 heteroatoms. The van der Waals surface area contributed by atoms with Crippen LogP contribution in [0.2, 0.25) is 0 Å². The Hall–Kier alpha value is -3.02. The van der Waals surface area contributed by atoms with Crippen molar-refractivity contribution in [2.24, 2.45) is 0 Å². The minimum Gasteiger partial charge on any atom is -0.487 e. The number of likely N-dealkylation sites (tertiary alicyclic amines) is 1. The topological polar surface area (TPSA) is 67.9 Å². The molecule has 0 aromatic heterocycles. The summed E-state index contributed by atoms with van der Waals surface area (Å²) in [7, 11) is 0. The predicted molar refractivity (Wildman–Crippen MR) is 125 cm³/mol. The van der Waals surface area contributed by atoms with E-state index in [1.165, 1.54) is 5.56 Å². The van der Waals surface area contributed by atoms with Crippen LogP contribution in [-0.2, 0) is 16.0 Å². The molecule has 170 valence electrons. The molecule has 2 amide bonds. The van der Waals surface area contributed by atoms with Gasteiger partial charge < -0.3 is 19.7 Å². The van der Waals surface area contributed by atoms with Gasteiger partial charge in [0.1, 0.15) is 17.0 Å². The molecule has 2 aliphatic heterocycles. The fourth-order valence-electron chi connectivity index (χ4n) is 4.31. The van der Waals surface area contributed by atoms with Crippen LogP contribution in [0.4, 0.5) is 10.5 Å². The third-order valence-corrected chi connectivity index (χ3v) is 6.05. The van der Waals surface area contributed by atoms with E-state index in [9.17, 15) is 9.59 Å². The van der Waals surface area contributed by atoms with E-state index in [1.807, 2.05) is 58.0 Å². The smallest absolute Gasteiger partial charge is 0.410 e. The number of hydrogen-bond donors (Lipinski definition) is 1. The van der Waals surface area contributed by atoms with Gasteiger partial charge in [0.2, 0.25) is 5.91 Å². The molecule has 0 saturated carbocycles. The van der Waals surface area contributed by atoms with Crippen LogP contribution in [0, 0.1) is 0 Å². The van der Waals surface area contributed by atoms with Crippen molar-refractivity contribution >= 4 is 17.7 Å². The number of nitrogens with one attached hydrogen (secondary N) is 1. The molecule has 32 heavy (non-hydrogen) atoms. The van der Waals surface area contributed by atoms with Crippen LogP contribution >= 0.6 is 0 Å². The first-order chi connectivity index (χ1) is 15.2. The van der Waals surface area contributed by atoms with Crippen LogP contribution in [0.25, 0.3) is 11.1 Å². The van der Waals surface area contributed by atoms with Crippen molar-refractivity contribution in [3.05, 3.63) is 48.0 Å². The molecule has 2 heterocycles. The molecule has 1 spiro atoms. The second kappa shape index (κ2) is 8.49. The van der Waals surface area contributed by atoms with Crippen LogP contribution in [-0.4, -0.2) is 41.2 Å². The molecule has 1 fully saturated rings. The van der Waals surface area contributed by atoms with E-state index in [0.29, 0.717) is 19.5 Å². The summed E-state index contributed by atoms with van der Waals surface area (Å²) in [6.45, 7) is 8.78. The van der Waals surface area contributed by atoms with Crippen molar-refractivity contribution in [2.75, 3.05) is 18.4 Å². The van der Waals surface area contributed by atoms with Crippen molar-refractivity contribution in [1.29, 1.82) is 0 Å². The summed E-state index contributed by atoms with van der Waals surface area (Å²) in [5.74, 6) is 0.946. The maximum absolute atomic E-state index is 12.4. The van der Waals surface area contributed by atoms with Crippen LogP contribution in [0.5, 0.6) is 5.75 Å². The molecule has 0 atom stereocenters. The average molecular weight is 437 g/mol. The van der Waals surface area contributed by atoms with E-state index < -0.39 is 5.60 Å². The van der Waals surface area contributed by atoms with Gasteiger partial charge in [-0.2, -0.15) is 0 Å². The molecule has 2 aliphatic rings. The molecular weight excluding hydrogens is 404 g/mol. The quantitative estimate of drug-likeness (QED) is 0.699. The van der Waals surface area contributed by atoms with E-state index in [1.54, 1.807) is 4.90 Å². The number of nitrogens with zero attached hydrogens (tertiary/aromatic N) is 1. The van der Waals surface area contributed by atoms with E-state index in [0.717, 1.165) is 41.8 Å². The second-order valence-electron chi connectivity index (χ2n) is 9.73. The number of anilines is 1. The van der Waals surface area contributed by atoms with Gasteiger partial charge in [0.25, 0.3) is 0 Å². The highest BCUT2D eigenvalue weighted by molar-refractivity contribution is 5.90. The number of hydrogen-bond acceptors (Lipinski definition) is 4. The van der Waals surface area contributed by atoms with Crippen molar-refractivity contribution < 1.29 is 19.1 Å². The summed E-state index contributed by atoms with van der Waals surface area (Å²) in [5, 5.41) is 2.88. The van der Waals surface area contributed by atoms with E-state index >= 15 is 0 Å². The predicted octanol–water partition coefficient (Wildman–Crippen LogP) is 5.41. The lowest BCUT2D eigenvalue weighted by atomic mass is 9.86. The third-order valence-electron chi connectivity index (χ3n) is 6.05. The molecule has 6 nitrogen and oxygen atoms in total. The Morgan fingerprint density at radius 2 is 1.72 bits per heavy atom. The van der Waals surface area contributed by atoms with Gasteiger partial charge in [0, 0.05) is 44.5 Å². The van der Waals surface area contributed by atoms with Crippen molar-refractivity contribution in [3.8, 4) is 16.9 Å². The van der Waals surface area contributed by atoms with E-state index in [4.69, 9.17) is 9.47 Å². The average Bonchev–Trinajstić information content (AvgIpc) is 3.10. The van der Waals surface area contributed by atoms with Gasteiger partial charge in [-0.15, -0.1) is 0 Å². The zero-order valence-corrected chi connectivity index (χ0v) is 19.4. The monoisotopic (exact) mass is 436 g/mol. The molecule has 0 bridgehead atoms. The van der Waals surface area contributed by atoms with Crippen LogP contribution in [0.15, 0.2) is 42.5 Å². The molecule has 0 unspecified atom stereocenters. The molecule has 0 aliphatic carbocycles. The van der Waals surface area contributed by atoms with Gasteiger partial charge in [-0.25, -0.2) is 4.79 Å². The second-order valence-corrected chi connectivity index (χ2v) is 9.73. The Morgan fingerprint density at radius 1 is 1.06 bits per heavy atom. The Bertz CT molecular complexity index is 999. The molecule has 1 saturated heterocycles. The summed E-state index contributed by atoms with van der Waals surface area (Å²) < 4.78 is 11.9. The lowest BCUT2D eigenvalue weighted by molar-refractivity contribution is -0.115. The number of ether oxygens (including phenoxy) is 2. The summed E-state index contributed by atoms with van der Waals surface area (Å²) in [4.78, 5) is 25.7. The van der Waals surface area contributed by atoms with Crippen molar-refractivity contribution in [3.63, 3.8) is 0 Å². The highest BCUT2D eigenvalue weighted by atomic mass is 16.6. The summed E-state index contributed by atoms with van der Waals surface area (Å²) >= 11 is 0. The first-order valence-electron chi connectivity index (χ1n) is 11.4. The van der Waals surface area contributed by atoms with Crippen molar-refractivity contribution in [2.45, 2.75) is 64.6 Å². The van der Waals surface area contributed by atoms with Crippen LogP contribution in [0.3, 0.4) is 0 Å². The first kappa shape index (κ1) is 22.2. The number of benzene rings is 2. The number of carbonyl (C=O) groups excluding carboxylic acids is 2. The molecule has 2 aromatic carbocycles. The van der Waals surface area contributed by atoms with E-state index in [-0.39, 0.29) is 17.6 Å². The Balaban J connectivity index is 1.41. The lowest BCUT2D eigenvalue weighted by Gasteiger charge is -2.39. The molecule has 2 aromatic rings. The van der Waals surface area contributed by atoms with Gasteiger partial charge in [-0.05, 0) is 61.7 Å². The summed E-state index contributed by atoms with van der Waals surface area (Å²) in [6, 6.07) is 14.2. The zero-order chi connectivity index (χ0) is 22.9. The maximum Gasteiger partial charge on any atom is 0.410 e. The largest absolute Gasteiger partial charge is 0.487 e. The lowest BCUT2D eigenvalue weighted by Crippen LogP contribution is -2.50. The number of fused-ring (bicyclic) bond motifs is 1. The van der Waals surface area contributed by atoms with Crippen LogP contribution < -0.4 is 10.1 Å². The molecule has 1 N–H and O–H groups in total. The van der Waals surface area contributed by atoms with Gasteiger partial charge in [0.05, 0.1) is 0 Å². The Morgan fingerprint density at radius 3 is 2.34 bits per heavy atom. The number of piperidine rings is 1. The van der Waals surface area contributed by atoms with Crippen molar-refractivity contribution in [1.82, 2.24) is 4.90 Å². The molecule has 0 radical (unpaired) electrons. The highest BCUT2D eigenvalue weighted by Crippen LogP contribution is 2.42. The fourth-order valence-corrected chi connectivity index (χ4v) is 4.31. The van der Waals surface area contributed by atoms with Crippen LogP contribution in [0.1, 0.15) is 52.5 Å². The summed E-state index contributed by atoms with van der Waals surface area (Å²) in [6.07, 6.45) is 2.65. The maximum atomic E-state index is 12.4. The van der Waals surface area contributed by atoms with Gasteiger partial charge in [-0.1, -0.05) is 25.1 Å². The summed E-state index contributed by atoms with van der Waals surface area (Å²) in [5.41, 5.74) is 3.51.